The molecule has 19 heavy (non-hydrogen) atoms. The largest absolute Gasteiger partial charge is 0.502 e. The number of ether oxygens (including phenoxy) is 1. The number of hydrogen-bond donors (Lipinski definition) is 3. The summed E-state index contributed by atoms with van der Waals surface area (Å²) in [5, 5.41) is 18.9. The average molecular weight is 267 g/mol. The van der Waals surface area contributed by atoms with E-state index in [2.05, 4.69) is 11.6 Å². The third-order valence-electron chi connectivity index (χ3n) is 2.52. The van der Waals surface area contributed by atoms with Crippen LogP contribution in [0.3, 0.4) is 0 Å². The Labute approximate surface area is 108 Å². The summed E-state index contributed by atoms with van der Waals surface area (Å²) >= 11 is 0. The van der Waals surface area contributed by atoms with E-state index < -0.39 is 6.67 Å². The Bertz CT molecular complexity index is 659. The number of furan rings is 1. The molecular formula is C13H14FNO4. The molecule has 0 fully saturated rings. The molecule has 0 aliphatic rings. The summed E-state index contributed by atoms with van der Waals surface area (Å²) in [5.74, 6) is -0.138. The highest BCUT2D eigenvalue weighted by Gasteiger charge is 2.07. The van der Waals surface area contributed by atoms with E-state index in [4.69, 9.17) is 9.15 Å². The van der Waals surface area contributed by atoms with E-state index in [0.717, 1.165) is 5.69 Å². The van der Waals surface area contributed by atoms with Crippen LogP contribution in [0.5, 0.6) is 17.2 Å². The quantitative estimate of drug-likeness (QED) is 0.748. The number of hydrogen-bond acceptors (Lipinski definition) is 4. The molecule has 0 unspecified atom stereocenters. The molecular weight excluding hydrogens is 253 g/mol. The van der Waals surface area contributed by atoms with Gasteiger partial charge in [0.2, 0.25) is 11.5 Å². The van der Waals surface area contributed by atoms with Crippen LogP contribution in [0, 0.1) is 0 Å². The molecule has 2 aromatic rings. The van der Waals surface area contributed by atoms with Crippen molar-refractivity contribution in [3.63, 3.8) is 0 Å². The Balaban J connectivity index is 2.11. The summed E-state index contributed by atoms with van der Waals surface area (Å²) in [6.07, 6.45) is 3.64. The number of aromatic amines is 1. The highest BCUT2D eigenvalue weighted by atomic mass is 19.1. The minimum Gasteiger partial charge on any atom is -0.502 e. The number of rotatable bonds is 5. The molecule has 0 amide bonds. The second-order valence-electron chi connectivity index (χ2n) is 3.89. The van der Waals surface area contributed by atoms with Gasteiger partial charge < -0.3 is 24.4 Å². The molecule has 0 aliphatic carbocycles. The van der Waals surface area contributed by atoms with Crippen LogP contribution in [0.4, 0.5) is 4.39 Å². The van der Waals surface area contributed by atoms with Gasteiger partial charge in [-0.1, -0.05) is 6.58 Å². The lowest BCUT2D eigenvalue weighted by Crippen LogP contribution is -1.99. The number of aromatic nitrogens is 1. The topological polar surface area (TPSA) is 78.6 Å². The predicted molar refractivity (Wildman–Crippen MR) is 67.2 cm³/mol. The van der Waals surface area contributed by atoms with Gasteiger partial charge in [0.15, 0.2) is 10.8 Å². The van der Waals surface area contributed by atoms with Crippen molar-refractivity contribution in [2.45, 2.75) is 6.42 Å². The lowest BCUT2D eigenvalue weighted by atomic mass is 10.3. The molecule has 0 saturated heterocycles. The van der Waals surface area contributed by atoms with Crippen LogP contribution in [0.25, 0.3) is 12.7 Å². The van der Waals surface area contributed by atoms with Gasteiger partial charge in [0.25, 0.3) is 0 Å². The molecule has 0 radical (unpaired) electrons. The van der Waals surface area contributed by atoms with Crippen molar-refractivity contribution in [1.29, 1.82) is 0 Å². The van der Waals surface area contributed by atoms with Crippen molar-refractivity contribution in [1.82, 2.24) is 4.98 Å². The first-order chi connectivity index (χ1) is 9.11. The van der Waals surface area contributed by atoms with Crippen LogP contribution < -0.4 is 15.6 Å². The second kappa shape index (κ2) is 5.51. The second-order valence-corrected chi connectivity index (χ2v) is 3.89. The smallest absolute Gasteiger partial charge is 0.204 e. The number of aromatic hydroxyl groups is 2. The van der Waals surface area contributed by atoms with E-state index in [1.807, 2.05) is 0 Å². The summed E-state index contributed by atoms with van der Waals surface area (Å²) in [5.41, 5.74) is 0.972. The van der Waals surface area contributed by atoms with Gasteiger partial charge in [-0.3, -0.25) is 0 Å². The van der Waals surface area contributed by atoms with Crippen LogP contribution in [-0.2, 0) is 6.42 Å². The van der Waals surface area contributed by atoms with Crippen LogP contribution in [-0.4, -0.2) is 28.5 Å². The van der Waals surface area contributed by atoms with Crippen molar-refractivity contribution in [2.24, 2.45) is 0 Å². The zero-order valence-electron chi connectivity index (χ0n) is 10.1. The zero-order chi connectivity index (χ0) is 13.8. The van der Waals surface area contributed by atoms with E-state index in [-0.39, 0.29) is 28.9 Å². The van der Waals surface area contributed by atoms with Crippen molar-refractivity contribution >= 4 is 12.7 Å². The fourth-order valence-corrected chi connectivity index (χ4v) is 1.60. The summed E-state index contributed by atoms with van der Waals surface area (Å²) in [4.78, 5) is 2.95. The fourth-order valence-electron chi connectivity index (χ4n) is 1.60. The molecule has 0 saturated carbocycles. The van der Waals surface area contributed by atoms with Crippen molar-refractivity contribution < 1.29 is 23.8 Å². The van der Waals surface area contributed by atoms with Crippen LogP contribution in [0.1, 0.15) is 5.69 Å². The Morgan fingerprint density at radius 1 is 1.42 bits per heavy atom. The first-order valence-corrected chi connectivity index (χ1v) is 5.67. The van der Waals surface area contributed by atoms with Gasteiger partial charge in [-0.2, -0.15) is 0 Å². The highest BCUT2D eigenvalue weighted by molar-refractivity contribution is 5.41. The van der Waals surface area contributed by atoms with Crippen molar-refractivity contribution in [2.75, 3.05) is 13.3 Å². The molecule has 3 N–H and O–H groups in total. The van der Waals surface area contributed by atoms with Crippen LogP contribution >= 0.6 is 0 Å². The minimum atomic E-state index is -0.543. The summed E-state index contributed by atoms with van der Waals surface area (Å²) < 4.78 is 22.1. The normalized spacial score (nSPS) is 11.9. The van der Waals surface area contributed by atoms with Crippen molar-refractivity contribution in [3.05, 3.63) is 28.8 Å². The zero-order valence-corrected chi connectivity index (χ0v) is 10.1. The summed E-state index contributed by atoms with van der Waals surface area (Å²) in [6.45, 7) is 2.90. The van der Waals surface area contributed by atoms with Crippen LogP contribution in [0.15, 0.2) is 16.7 Å². The third kappa shape index (κ3) is 2.90. The highest BCUT2D eigenvalue weighted by Crippen LogP contribution is 2.15. The van der Waals surface area contributed by atoms with Gasteiger partial charge in [0, 0.05) is 24.4 Å². The molecule has 5 nitrogen and oxygen atoms in total. The van der Waals surface area contributed by atoms with E-state index >= 15 is 0 Å². The predicted octanol–water partition coefficient (Wildman–Crippen LogP) is 0.801. The van der Waals surface area contributed by atoms with Gasteiger partial charge in [-0.25, -0.2) is 4.39 Å². The Morgan fingerprint density at radius 3 is 2.84 bits per heavy atom. The van der Waals surface area contributed by atoms with Crippen molar-refractivity contribution in [3.8, 4) is 17.2 Å². The van der Waals surface area contributed by atoms with Gasteiger partial charge in [-0.15, -0.1) is 0 Å². The van der Waals surface area contributed by atoms with E-state index in [1.54, 1.807) is 18.3 Å². The first kappa shape index (κ1) is 13.1. The third-order valence-corrected chi connectivity index (χ3v) is 2.52. The number of nitrogens with one attached hydrogen (secondary N) is 1. The maximum Gasteiger partial charge on any atom is 0.204 e. The Hall–Kier alpha value is -2.37. The Kier molecular flexibility index (Phi) is 3.79. The monoisotopic (exact) mass is 267 g/mol. The lowest BCUT2D eigenvalue weighted by Gasteiger charge is -1.96. The molecule has 102 valence electrons. The van der Waals surface area contributed by atoms with E-state index in [0.29, 0.717) is 12.2 Å². The van der Waals surface area contributed by atoms with E-state index in [1.165, 1.54) is 0 Å². The minimum absolute atomic E-state index is 0.0126. The summed E-state index contributed by atoms with van der Waals surface area (Å²) in [7, 11) is 0. The summed E-state index contributed by atoms with van der Waals surface area (Å²) in [6, 6.07) is 1.72. The molecule has 6 heteroatoms. The van der Waals surface area contributed by atoms with Gasteiger partial charge >= 0.3 is 0 Å². The average Bonchev–Trinajstić information content (AvgIpc) is 2.95. The maximum atomic E-state index is 11.9. The molecule has 0 atom stereocenters. The molecule has 0 aromatic carbocycles. The molecule has 0 aliphatic heterocycles. The van der Waals surface area contributed by atoms with E-state index in [9.17, 15) is 14.6 Å². The molecule has 0 bridgehead atoms. The molecule has 0 spiro atoms. The number of H-pyrrole nitrogens is 1. The molecule has 2 aromatic heterocycles. The molecule has 2 rings (SSSR count). The first-order valence-electron chi connectivity index (χ1n) is 5.67. The van der Waals surface area contributed by atoms with Gasteiger partial charge in [0.1, 0.15) is 19.0 Å². The number of halogens is 1. The molecule has 2 heterocycles. The maximum absolute atomic E-state index is 11.9. The van der Waals surface area contributed by atoms with Gasteiger partial charge in [-0.05, 0) is 6.08 Å². The lowest BCUT2D eigenvalue weighted by molar-refractivity contribution is 0.273. The Morgan fingerprint density at radius 2 is 2.21 bits per heavy atom. The van der Waals surface area contributed by atoms with Crippen LogP contribution in [0.2, 0.25) is 0 Å². The fraction of sp³-hybridized carbons (Fsp3) is 0.231. The van der Waals surface area contributed by atoms with Gasteiger partial charge in [0.05, 0.1) is 0 Å². The number of alkyl halides is 1. The SMILES string of the molecule is C=c1o/c(=C/Cc2cc(OCCF)c[nH]2)c(O)c1O. The standard InChI is InChI=1S/C13H14FNO4/c1-8-12(16)13(17)11(19-8)3-2-9-6-10(7-15-9)18-5-4-14/h3,6-7,15-17H,1-2,4-5H2/b11-3+.